The first-order valence-corrected chi connectivity index (χ1v) is 6.82. The lowest BCUT2D eigenvalue weighted by atomic mass is 10.1. The predicted molar refractivity (Wildman–Crippen MR) is 76.2 cm³/mol. The number of piperazine rings is 1. The Morgan fingerprint density at radius 3 is 2.78 bits per heavy atom. The number of fused-ring (bicyclic) bond motifs is 1. The van der Waals surface area contributed by atoms with Gasteiger partial charge in [0.25, 0.3) is 0 Å². The van der Waals surface area contributed by atoms with Gasteiger partial charge in [-0.1, -0.05) is 23.7 Å². The van der Waals surface area contributed by atoms with Gasteiger partial charge in [-0.15, -0.1) is 0 Å². The predicted octanol–water partition coefficient (Wildman–Crippen LogP) is 2.53. The Morgan fingerprint density at radius 2 is 2.06 bits per heavy atom. The molecular formula is C14H18ClN3. The summed E-state index contributed by atoms with van der Waals surface area (Å²) < 4.78 is 0. The normalized spacial score (nSPS) is 17.4. The summed E-state index contributed by atoms with van der Waals surface area (Å²) in [5, 5.41) is 5.43. The first kappa shape index (κ1) is 12.0. The van der Waals surface area contributed by atoms with Gasteiger partial charge in [0.05, 0.1) is 10.5 Å². The summed E-state index contributed by atoms with van der Waals surface area (Å²) in [5.41, 5.74) is 3.69. The lowest BCUT2D eigenvalue weighted by Crippen LogP contribution is -2.43. The summed E-state index contributed by atoms with van der Waals surface area (Å²) in [4.78, 5) is 5.96. The molecule has 96 valence electrons. The number of halogens is 1. The Balaban J connectivity index is 1.92. The highest BCUT2D eigenvalue weighted by Gasteiger charge is 2.14. The van der Waals surface area contributed by atoms with Gasteiger partial charge >= 0.3 is 0 Å². The molecule has 0 spiro atoms. The van der Waals surface area contributed by atoms with Crippen molar-refractivity contribution in [3.63, 3.8) is 0 Å². The monoisotopic (exact) mass is 263 g/mol. The molecule has 1 aromatic carbocycles. The van der Waals surface area contributed by atoms with Gasteiger partial charge in [-0.3, -0.25) is 4.90 Å². The summed E-state index contributed by atoms with van der Waals surface area (Å²) in [6, 6.07) is 6.09. The molecule has 0 amide bonds. The molecule has 4 heteroatoms. The van der Waals surface area contributed by atoms with Gasteiger partial charge in [0, 0.05) is 43.8 Å². The summed E-state index contributed by atoms with van der Waals surface area (Å²) in [6.07, 6.45) is 0. The number of nitrogens with zero attached hydrogens (tertiary/aromatic N) is 1. The molecule has 0 aliphatic carbocycles. The number of hydrogen-bond donors (Lipinski definition) is 2. The maximum atomic E-state index is 6.23. The van der Waals surface area contributed by atoms with Crippen LogP contribution in [0.2, 0.25) is 5.02 Å². The van der Waals surface area contributed by atoms with E-state index in [1.807, 2.05) is 12.1 Å². The molecular weight excluding hydrogens is 246 g/mol. The van der Waals surface area contributed by atoms with Crippen molar-refractivity contribution in [2.75, 3.05) is 26.2 Å². The Kier molecular flexibility index (Phi) is 3.29. The number of nitrogens with one attached hydrogen (secondary N) is 2. The molecule has 3 nitrogen and oxygen atoms in total. The molecule has 1 aliphatic heterocycles. The molecule has 0 bridgehead atoms. The van der Waals surface area contributed by atoms with Crippen LogP contribution in [0.4, 0.5) is 0 Å². The Bertz CT molecular complexity index is 555. The second-order valence-corrected chi connectivity index (χ2v) is 5.32. The minimum absolute atomic E-state index is 0.808. The van der Waals surface area contributed by atoms with Crippen LogP contribution < -0.4 is 5.32 Å². The molecule has 1 fully saturated rings. The Hall–Kier alpha value is -1.03. The molecule has 3 rings (SSSR count). The summed E-state index contributed by atoms with van der Waals surface area (Å²) in [5.74, 6) is 0. The number of para-hydroxylation sites is 1. The third kappa shape index (κ3) is 2.14. The van der Waals surface area contributed by atoms with Crippen molar-refractivity contribution >= 4 is 22.5 Å². The quantitative estimate of drug-likeness (QED) is 0.873. The van der Waals surface area contributed by atoms with Gasteiger partial charge in [-0.2, -0.15) is 0 Å². The highest BCUT2D eigenvalue weighted by Crippen LogP contribution is 2.28. The maximum Gasteiger partial charge on any atom is 0.0648 e. The molecule has 1 aliphatic rings. The van der Waals surface area contributed by atoms with Crippen molar-refractivity contribution in [2.24, 2.45) is 0 Å². The number of H-pyrrole nitrogens is 1. The average molecular weight is 264 g/mol. The topological polar surface area (TPSA) is 31.1 Å². The zero-order valence-corrected chi connectivity index (χ0v) is 11.3. The smallest absolute Gasteiger partial charge is 0.0648 e. The van der Waals surface area contributed by atoms with E-state index in [9.17, 15) is 0 Å². The zero-order valence-electron chi connectivity index (χ0n) is 10.6. The van der Waals surface area contributed by atoms with Crippen molar-refractivity contribution in [2.45, 2.75) is 13.5 Å². The lowest BCUT2D eigenvalue weighted by Gasteiger charge is -2.26. The maximum absolute atomic E-state index is 6.23. The van der Waals surface area contributed by atoms with Crippen LogP contribution in [0.5, 0.6) is 0 Å². The van der Waals surface area contributed by atoms with Crippen LogP contribution in [0.3, 0.4) is 0 Å². The third-order valence-corrected chi connectivity index (χ3v) is 4.05. The fourth-order valence-electron chi connectivity index (χ4n) is 2.62. The Morgan fingerprint density at radius 1 is 1.28 bits per heavy atom. The van der Waals surface area contributed by atoms with Gasteiger partial charge in [0.15, 0.2) is 0 Å². The molecule has 2 N–H and O–H groups in total. The van der Waals surface area contributed by atoms with Crippen LogP contribution in [0.15, 0.2) is 18.2 Å². The van der Waals surface area contributed by atoms with E-state index < -0.39 is 0 Å². The fraction of sp³-hybridized carbons (Fsp3) is 0.429. The van der Waals surface area contributed by atoms with Crippen LogP contribution in [-0.4, -0.2) is 36.1 Å². The highest BCUT2D eigenvalue weighted by molar-refractivity contribution is 6.35. The molecule has 0 unspecified atom stereocenters. The molecule has 1 saturated heterocycles. The standard InChI is InChI=1S/C14H18ClN3/c1-10-11-3-2-4-12(15)14(11)17-13(10)9-18-7-5-16-6-8-18/h2-4,16-17H,5-9H2,1H3. The number of benzene rings is 1. The van der Waals surface area contributed by atoms with Crippen LogP contribution in [0.1, 0.15) is 11.3 Å². The minimum Gasteiger partial charge on any atom is -0.356 e. The molecule has 0 radical (unpaired) electrons. The lowest BCUT2D eigenvalue weighted by molar-refractivity contribution is 0.231. The van der Waals surface area contributed by atoms with E-state index in [-0.39, 0.29) is 0 Å². The van der Waals surface area contributed by atoms with Crippen molar-refractivity contribution in [1.29, 1.82) is 0 Å². The summed E-state index contributed by atoms with van der Waals surface area (Å²) in [6.45, 7) is 7.55. The molecule has 0 atom stereocenters. The van der Waals surface area contributed by atoms with Crippen molar-refractivity contribution in [3.05, 3.63) is 34.5 Å². The minimum atomic E-state index is 0.808. The van der Waals surface area contributed by atoms with E-state index in [4.69, 9.17) is 11.6 Å². The third-order valence-electron chi connectivity index (χ3n) is 3.74. The van der Waals surface area contributed by atoms with E-state index in [0.29, 0.717) is 0 Å². The SMILES string of the molecule is Cc1c(CN2CCNCC2)[nH]c2c(Cl)cccc12. The van der Waals surface area contributed by atoms with Gasteiger partial charge in [-0.25, -0.2) is 0 Å². The molecule has 2 heterocycles. The second kappa shape index (κ2) is 4.92. The molecule has 18 heavy (non-hydrogen) atoms. The van der Waals surface area contributed by atoms with E-state index in [0.717, 1.165) is 43.3 Å². The number of aromatic amines is 1. The Labute approximate surface area is 112 Å². The first-order valence-electron chi connectivity index (χ1n) is 6.44. The average Bonchev–Trinajstić information content (AvgIpc) is 2.70. The first-order chi connectivity index (χ1) is 8.75. The van der Waals surface area contributed by atoms with Gasteiger partial charge < -0.3 is 10.3 Å². The molecule has 0 saturated carbocycles. The van der Waals surface area contributed by atoms with E-state index in [2.05, 4.69) is 28.2 Å². The van der Waals surface area contributed by atoms with Crippen LogP contribution in [0.25, 0.3) is 10.9 Å². The van der Waals surface area contributed by atoms with Crippen molar-refractivity contribution < 1.29 is 0 Å². The summed E-state index contributed by atoms with van der Waals surface area (Å²) in [7, 11) is 0. The largest absolute Gasteiger partial charge is 0.356 e. The summed E-state index contributed by atoms with van der Waals surface area (Å²) >= 11 is 6.23. The number of aryl methyl sites for hydroxylation is 1. The van der Waals surface area contributed by atoms with Crippen LogP contribution in [0, 0.1) is 6.92 Å². The van der Waals surface area contributed by atoms with Crippen LogP contribution >= 0.6 is 11.6 Å². The second-order valence-electron chi connectivity index (χ2n) is 4.92. The van der Waals surface area contributed by atoms with E-state index in [1.54, 1.807) is 0 Å². The van der Waals surface area contributed by atoms with Crippen molar-refractivity contribution in [3.8, 4) is 0 Å². The van der Waals surface area contributed by atoms with E-state index >= 15 is 0 Å². The zero-order chi connectivity index (χ0) is 12.5. The van der Waals surface area contributed by atoms with Gasteiger partial charge in [0.2, 0.25) is 0 Å². The van der Waals surface area contributed by atoms with Gasteiger partial charge in [0.1, 0.15) is 0 Å². The van der Waals surface area contributed by atoms with E-state index in [1.165, 1.54) is 16.6 Å². The number of hydrogen-bond acceptors (Lipinski definition) is 2. The molecule has 2 aromatic rings. The fourth-order valence-corrected chi connectivity index (χ4v) is 2.84. The number of aromatic nitrogens is 1. The highest BCUT2D eigenvalue weighted by atomic mass is 35.5. The van der Waals surface area contributed by atoms with Crippen molar-refractivity contribution in [1.82, 2.24) is 15.2 Å². The molecule has 1 aromatic heterocycles. The van der Waals surface area contributed by atoms with Crippen LogP contribution in [-0.2, 0) is 6.54 Å². The van der Waals surface area contributed by atoms with Gasteiger partial charge in [-0.05, 0) is 18.6 Å². The number of rotatable bonds is 2.